The number of hydrogen-bond acceptors (Lipinski definition) is 6. The van der Waals surface area contributed by atoms with Gasteiger partial charge in [-0.2, -0.15) is 0 Å². The van der Waals surface area contributed by atoms with E-state index in [-0.39, 0.29) is 12.3 Å². The SMILES string of the molecule is COc1cc2nccc(Oc3ccc(Cl)c(Cl)c3)c2cc1CC(=O)NCCCN1CCOCC1. The van der Waals surface area contributed by atoms with E-state index in [1.165, 1.54) is 0 Å². The number of ether oxygens (including phenoxy) is 3. The topological polar surface area (TPSA) is 72.9 Å². The Kier molecular flexibility index (Phi) is 8.45. The molecule has 180 valence electrons. The van der Waals surface area contributed by atoms with Crippen molar-refractivity contribution in [1.29, 1.82) is 0 Å². The molecule has 3 aromatic rings. The summed E-state index contributed by atoms with van der Waals surface area (Å²) in [6.45, 7) is 5.02. The lowest BCUT2D eigenvalue weighted by molar-refractivity contribution is -0.120. The Hall–Kier alpha value is -2.58. The minimum atomic E-state index is -0.0598. The fourth-order valence-corrected chi connectivity index (χ4v) is 4.16. The molecule has 2 heterocycles. The Morgan fingerprint density at radius 2 is 1.94 bits per heavy atom. The molecular formula is C25H27Cl2N3O4. The zero-order chi connectivity index (χ0) is 23.9. The highest BCUT2D eigenvalue weighted by molar-refractivity contribution is 6.42. The standard InChI is InChI=1S/C25H27Cl2N3O4/c1-32-24-16-22-19(23(5-7-28-22)34-18-3-4-20(26)21(27)15-18)13-17(24)14-25(31)29-6-2-8-30-9-11-33-12-10-30/h3-5,7,13,15-16H,2,6,8-12,14H2,1H3,(H,29,31). The van der Waals surface area contributed by atoms with E-state index < -0.39 is 0 Å². The lowest BCUT2D eigenvalue weighted by Crippen LogP contribution is -2.38. The number of amides is 1. The number of carbonyl (C=O) groups excluding carboxylic acids is 1. The molecule has 0 spiro atoms. The molecule has 4 rings (SSSR count). The van der Waals surface area contributed by atoms with E-state index in [0.717, 1.165) is 50.2 Å². The van der Waals surface area contributed by atoms with Gasteiger partial charge in [-0.25, -0.2) is 0 Å². The van der Waals surface area contributed by atoms with Crippen LogP contribution in [0, 0.1) is 0 Å². The summed E-state index contributed by atoms with van der Waals surface area (Å²) in [5.41, 5.74) is 1.46. The lowest BCUT2D eigenvalue weighted by atomic mass is 10.1. The maximum absolute atomic E-state index is 12.6. The van der Waals surface area contributed by atoms with E-state index in [2.05, 4.69) is 15.2 Å². The first-order valence-corrected chi connectivity index (χ1v) is 11.9. The Morgan fingerprint density at radius 3 is 2.71 bits per heavy atom. The second-order valence-electron chi connectivity index (χ2n) is 8.00. The molecule has 1 N–H and O–H groups in total. The van der Waals surface area contributed by atoms with Crippen LogP contribution in [-0.2, 0) is 16.0 Å². The number of benzene rings is 2. The summed E-state index contributed by atoms with van der Waals surface area (Å²) >= 11 is 12.1. The summed E-state index contributed by atoms with van der Waals surface area (Å²) in [5.74, 6) is 1.70. The van der Waals surface area contributed by atoms with Crippen molar-refractivity contribution in [3.8, 4) is 17.2 Å². The van der Waals surface area contributed by atoms with Gasteiger partial charge in [-0.3, -0.25) is 14.7 Å². The molecule has 7 nitrogen and oxygen atoms in total. The van der Waals surface area contributed by atoms with Gasteiger partial charge in [0.05, 0.1) is 42.3 Å². The van der Waals surface area contributed by atoms with Crippen molar-refractivity contribution in [2.24, 2.45) is 0 Å². The molecule has 2 aromatic carbocycles. The molecule has 34 heavy (non-hydrogen) atoms. The van der Waals surface area contributed by atoms with Crippen LogP contribution in [0.5, 0.6) is 17.2 Å². The Labute approximate surface area is 208 Å². The van der Waals surface area contributed by atoms with E-state index in [1.807, 2.05) is 12.1 Å². The number of nitrogens with one attached hydrogen (secondary N) is 1. The van der Waals surface area contributed by atoms with E-state index in [0.29, 0.717) is 39.4 Å². The Morgan fingerprint density at radius 1 is 1.12 bits per heavy atom. The number of aromatic nitrogens is 1. The summed E-state index contributed by atoms with van der Waals surface area (Å²) in [4.78, 5) is 19.4. The van der Waals surface area contributed by atoms with E-state index in [1.54, 1.807) is 37.6 Å². The maximum atomic E-state index is 12.6. The highest BCUT2D eigenvalue weighted by atomic mass is 35.5. The second kappa shape index (κ2) is 11.7. The molecule has 0 aliphatic carbocycles. The molecule has 0 saturated carbocycles. The second-order valence-corrected chi connectivity index (χ2v) is 8.82. The third-order valence-corrected chi connectivity index (χ3v) is 6.39. The van der Waals surface area contributed by atoms with Crippen molar-refractivity contribution < 1.29 is 19.0 Å². The van der Waals surface area contributed by atoms with Crippen LogP contribution in [0.25, 0.3) is 10.9 Å². The van der Waals surface area contributed by atoms with Gasteiger partial charge >= 0.3 is 0 Å². The van der Waals surface area contributed by atoms with Gasteiger partial charge in [0.25, 0.3) is 0 Å². The van der Waals surface area contributed by atoms with Crippen LogP contribution in [0.2, 0.25) is 10.0 Å². The predicted molar refractivity (Wildman–Crippen MR) is 133 cm³/mol. The first-order valence-electron chi connectivity index (χ1n) is 11.2. The monoisotopic (exact) mass is 503 g/mol. The minimum Gasteiger partial charge on any atom is -0.496 e. The van der Waals surface area contributed by atoms with Gasteiger partial charge < -0.3 is 19.5 Å². The van der Waals surface area contributed by atoms with Gasteiger partial charge in [0, 0.05) is 48.9 Å². The summed E-state index contributed by atoms with van der Waals surface area (Å²) in [6, 6.07) is 10.6. The number of nitrogens with zero attached hydrogens (tertiary/aromatic N) is 2. The fraction of sp³-hybridized carbons (Fsp3) is 0.360. The first kappa shape index (κ1) is 24.5. The molecule has 0 atom stereocenters. The highest BCUT2D eigenvalue weighted by Crippen LogP contribution is 2.35. The third-order valence-electron chi connectivity index (χ3n) is 5.65. The quantitative estimate of drug-likeness (QED) is 0.425. The van der Waals surface area contributed by atoms with Crippen molar-refractivity contribution in [2.75, 3.05) is 46.5 Å². The summed E-state index contributed by atoms with van der Waals surface area (Å²) in [6.07, 6.45) is 2.75. The van der Waals surface area contributed by atoms with Crippen molar-refractivity contribution in [3.05, 3.63) is 58.2 Å². The van der Waals surface area contributed by atoms with Crippen molar-refractivity contribution in [1.82, 2.24) is 15.2 Å². The average Bonchev–Trinajstić information content (AvgIpc) is 2.85. The lowest BCUT2D eigenvalue weighted by Gasteiger charge is -2.26. The van der Waals surface area contributed by atoms with E-state index >= 15 is 0 Å². The summed E-state index contributed by atoms with van der Waals surface area (Å²) in [7, 11) is 1.58. The zero-order valence-corrected chi connectivity index (χ0v) is 20.5. The van der Waals surface area contributed by atoms with Crippen molar-refractivity contribution in [2.45, 2.75) is 12.8 Å². The first-order chi connectivity index (χ1) is 16.5. The van der Waals surface area contributed by atoms with Gasteiger partial charge in [-0.1, -0.05) is 23.2 Å². The largest absolute Gasteiger partial charge is 0.496 e. The van der Waals surface area contributed by atoms with Gasteiger partial charge in [-0.05, 0) is 37.2 Å². The number of morpholine rings is 1. The summed E-state index contributed by atoms with van der Waals surface area (Å²) in [5, 5.41) is 4.64. The predicted octanol–water partition coefficient (Wildman–Crippen LogP) is 4.72. The zero-order valence-electron chi connectivity index (χ0n) is 19.0. The normalized spacial score (nSPS) is 14.2. The number of fused-ring (bicyclic) bond motifs is 1. The summed E-state index contributed by atoms with van der Waals surface area (Å²) < 4.78 is 17.0. The molecular weight excluding hydrogens is 477 g/mol. The maximum Gasteiger partial charge on any atom is 0.224 e. The molecule has 1 saturated heterocycles. The van der Waals surface area contributed by atoms with E-state index in [4.69, 9.17) is 37.4 Å². The molecule has 9 heteroatoms. The Balaban J connectivity index is 1.45. The van der Waals surface area contributed by atoms with Gasteiger partial charge in [0.15, 0.2) is 0 Å². The van der Waals surface area contributed by atoms with Gasteiger partial charge in [0.2, 0.25) is 5.91 Å². The molecule has 1 aliphatic heterocycles. The molecule has 1 fully saturated rings. The highest BCUT2D eigenvalue weighted by Gasteiger charge is 2.15. The third kappa shape index (κ3) is 6.30. The van der Waals surface area contributed by atoms with Crippen LogP contribution < -0.4 is 14.8 Å². The number of hydrogen-bond donors (Lipinski definition) is 1. The fourth-order valence-electron chi connectivity index (χ4n) is 3.87. The number of halogens is 2. The average molecular weight is 504 g/mol. The smallest absolute Gasteiger partial charge is 0.224 e. The van der Waals surface area contributed by atoms with Gasteiger partial charge in [0.1, 0.15) is 17.2 Å². The molecule has 0 unspecified atom stereocenters. The minimum absolute atomic E-state index is 0.0598. The van der Waals surface area contributed by atoms with Crippen LogP contribution in [0.15, 0.2) is 42.6 Å². The number of carbonyl (C=O) groups is 1. The number of rotatable bonds is 9. The molecule has 1 aliphatic rings. The van der Waals surface area contributed by atoms with Crippen LogP contribution in [0.1, 0.15) is 12.0 Å². The molecule has 1 amide bonds. The number of pyridine rings is 1. The molecule has 0 radical (unpaired) electrons. The molecule has 0 bridgehead atoms. The van der Waals surface area contributed by atoms with Crippen molar-refractivity contribution in [3.63, 3.8) is 0 Å². The van der Waals surface area contributed by atoms with Crippen LogP contribution in [0.4, 0.5) is 0 Å². The Bertz CT molecular complexity index is 1150. The van der Waals surface area contributed by atoms with E-state index in [9.17, 15) is 4.79 Å². The van der Waals surface area contributed by atoms with Gasteiger partial charge in [-0.15, -0.1) is 0 Å². The molecule has 1 aromatic heterocycles. The van der Waals surface area contributed by atoms with Crippen molar-refractivity contribution >= 4 is 40.0 Å². The van der Waals surface area contributed by atoms with Crippen LogP contribution >= 0.6 is 23.2 Å². The van der Waals surface area contributed by atoms with Crippen LogP contribution in [0.3, 0.4) is 0 Å². The number of methoxy groups -OCH3 is 1. The van der Waals surface area contributed by atoms with Crippen LogP contribution in [-0.4, -0.2) is 62.3 Å².